The first kappa shape index (κ1) is 7.18. The van der Waals surface area contributed by atoms with Gasteiger partial charge in [-0.05, 0) is 0 Å². The number of nitrogens with zero attached hydrogens (tertiary/aromatic N) is 3. The molecule has 0 spiro atoms. The Hall–Kier alpha value is -1.48. The Bertz CT molecular complexity index is 315. The van der Waals surface area contributed by atoms with Gasteiger partial charge in [0.1, 0.15) is 19.4 Å². The van der Waals surface area contributed by atoms with Crippen molar-refractivity contribution in [2.45, 2.75) is 0 Å². The summed E-state index contributed by atoms with van der Waals surface area (Å²) in [5, 5.41) is 7.92. The predicted octanol–water partition coefficient (Wildman–Crippen LogP) is 2.48. The minimum absolute atomic E-state index is 0.418. The smallest absolute Gasteiger partial charge is 0.122 e. The molecule has 60 valence electrons. The molecule has 1 aromatic carbocycles. The lowest BCUT2D eigenvalue weighted by Gasteiger charge is -2.16. The minimum atomic E-state index is 0.418. The molecule has 0 amide bonds. The molecule has 1 heterocycles. The Morgan fingerprint density at radius 2 is 1.92 bits per heavy atom. The normalized spacial score (nSPS) is 26.4. The highest BCUT2D eigenvalue weighted by atomic mass is 15.7. The van der Waals surface area contributed by atoms with Crippen molar-refractivity contribution in [2.24, 2.45) is 10.3 Å². The molecule has 0 saturated heterocycles. The van der Waals surface area contributed by atoms with Gasteiger partial charge in [0.2, 0.25) is 0 Å². The van der Waals surface area contributed by atoms with Crippen LogP contribution in [0.25, 0.3) is 0 Å². The second kappa shape index (κ2) is 2.53. The summed E-state index contributed by atoms with van der Waals surface area (Å²) in [6.07, 6.45) is 3.66. The maximum absolute atomic E-state index is 4.09. The van der Waals surface area contributed by atoms with Crippen LogP contribution in [0.5, 0.6) is 0 Å². The highest BCUT2D eigenvalue weighted by Crippen LogP contribution is 2.24. The summed E-state index contributed by atoms with van der Waals surface area (Å²) >= 11 is 0. The van der Waals surface area contributed by atoms with Gasteiger partial charge in [-0.3, -0.25) is 0 Å². The van der Waals surface area contributed by atoms with Crippen molar-refractivity contribution in [3.8, 4) is 0 Å². The van der Waals surface area contributed by atoms with Crippen molar-refractivity contribution in [1.29, 1.82) is 0 Å². The van der Waals surface area contributed by atoms with Crippen molar-refractivity contribution in [3.05, 3.63) is 42.7 Å². The van der Waals surface area contributed by atoms with Crippen LogP contribution in [0.1, 0.15) is 0 Å². The van der Waals surface area contributed by atoms with Crippen LogP contribution >= 0.6 is 0 Å². The lowest BCUT2D eigenvalue weighted by atomic mass is 10.3. The van der Waals surface area contributed by atoms with Crippen molar-refractivity contribution in [2.75, 3.05) is 7.05 Å². The van der Waals surface area contributed by atoms with Crippen LogP contribution < -0.4 is 4.59 Å². The third kappa shape index (κ3) is 1.04. The highest BCUT2D eigenvalue weighted by Gasteiger charge is 2.24. The highest BCUT2D eigenvalue weighted by molar-refractivity contribution is 5.43. The van der Waals surface area contributed by atoms with Gasteiger partial charge in [0.15, 0.2) is 5.69 Å². The fourth-order valence-corrected chi connectivity index (χ4v) is 1.19. The van der Waals surface area contributed by atoms with Crippen LogP contribution in [0.4, 0.5) is 5.69 Å². The Balaban J connectivity index is 2.43. The van der Waals surface area contributed by atoms with Crippen molar-refractivity contribution in [1.82, 2.24) is 4.59 Å². The Morgan fingerprint density at radius 3 is 2.50 bits per heavy atom. The number of para-hydroxylation sites is 1. The second-order valence-electron chi connectivity index (χ2n) is 2.86. The quantitative estimate of drug-likeness (QED) is 0.564. The molecule has 1 aromatic rings. The Kier molecular flexibility index (Phi) is 1.52. The summed E-state index contributed by atoms with van der Waals surface area (Å²) in [7, 11) is 1.99. The maximum atomic E-state index is 4.09. The van der Waals surface area contributed by atoms with E-state index in [-0.39, 0.29) is 0 Å². The third-order valence-corrected chi connectivity index (χ3v) is 1.94. The summed E-state index contributed by atoms with van der Waals surface area (Å²) in [6, 6.07) is 10.1. The van der Waals surface area contributed by atoms with Crippen LogP contribution in [0.2, 0.25) is 0 Å². The zero-order chi connectivity index (χ0) is 8.44. The van der Waals surface area contributed by atoms with E-state index < -0.39 is 0 Å². The number of hydrogen-bond donors (Lipinski definition) is 0. The van der Waals surface area contributed by atoms with Crippen molar-refractivity contribution >= 4 is 5.69 Å². The molecule has 2 rings (SSSR count). The Labute approximate surface area is 71.2 Å². The zero-order valence-electron chi connectivity index (χ0n) is 6.88. The zero-order valence-corrected chi connectivity index (χ0v) is 6.88. The molecule has 1 aliphatic rings. The van der Waals surface area contributed by atoms with Gasteiger partial charge in [-0.25, -0.2) is 0 Å². The molecule has 12 heavy (non-hydrogen) atoms. The van der Waals surface area contributed by atoms with E-state index in [1.54, 1.807) is 6.20 Å². The van der Waals surface area contributed by atoms with Gasteiger partial charge in [0.25, 0.3) is 0 Å². The first-order valence-electron chi connectivity index (χ1n) is 3.83. The number of hydrogen-bond acceptors (Lipinski definition) is 2. The topological polar surface area (TPSA) is 24.7 Å². The summed E-state index contributed by atoms with van der Waals surface area (Å²) in [4.78, 5) is 0. The number of quaternary nitrogens is 1. The fourth-order valence-electron chi connectivity index (χ4n) is 1.19. The maximum Gasteiger partial charge on any atom is 0.165 e. The van der Waals surface area contributed by atoms with E-state index in [0.717, 1.165) is 5.69 Å². The SMILES string of the molecule is C[N+]1(c2ccccc2)C=CN=N1. The molecule has 0 aliphatic carbocycles. The molecule has 1 unspecified atom stereocenters. The molecule has 0 bridgehead atoms. The second-order valence-corrected chi connectivity index (χ2v) is 2.86. The third-order valence-electron chi connectivity index (χ3n) is 1.94. The summed E-state index contributed by atoms with van der Waals surface area (Å²) in [5.41, 5.74) is 1.12. The van der Waals surface area contributed by atoms with Crippen LogP contribution in [-0.4, -0.2) is 7.05 Å². The molecule has 0 fully saturated rings. The largest absolute Gasteiger partial charge is 0.165 e. The molecule has 1 aliphatic heterocycles. The van der Waals surface area contributed by atoms with E-state index in [2.05, 4.69) is 10.3 Å². The van der Waals surface area contributed by atoms with Gasteiger partial charge in [0.05, 0.1) is 0 Å². The Morgan fingerprint density at radius 1 is 1.17 bits per heavy atom. The number of benzene rings is 1. The van der Waals surface area contributed by atoms with Crippen LogP contribution in [0.15, 0.2) is 53.1 Å². The van der Waals surface area contributed by atoms with E-state index in [4.69, 9.17) is 0 Å². The van der Waals surface area contributed by atoms with Crippen LogP contribution in [0, 0.1) is 0 Å². The number of rotatable bonds is 1. The fraction of sp³-hybridized carbons (Fsp3) is 0.111. The lowest BCUT2D eigenvalue weighted by Crippen LogP contribution is -2.29. The van der Waals surface area contributed by atoms with Crippen LogP contribution in [0.3, 0.4) is 0 Å². The van der Waals surface area contributed by atoms with Crippen molar-refractivity contribution < 1.29 is 0 Å². The van der Waals surface area contributed by atoms with Gasteiger partial charge in [-0.1, -0.05) is 18.2 Å². The van der Waals surface area contributed by atoms with Gasteiger partial charge < -0.3 is 0 Å². The summed E-state index contributed by atoms with van der Waals surface area (Å²) in [6.45, 7) is 0. The van der Waals surface area contributed by atoms with E-state index in [1.807, 2.05) is 43.6 Å². The molecular weight excluding hydrogens is 150 g/mol. The summed E-state index contributed by atoms with van der Waals surface area (Å²) in [5.74, 6) is 0. The lowest BCUT2D eigenvalue weighted by molar-refractivity contribution is 0.463. The van der Waals surface area contributed by atoms with E-state index >= 15 is 0 Å². The summed E-state index contributed by atoms with van der Waals surface area (Å²) < 4.78 is 0.418. The molecular formula is C9H10N3+. The molecule has 0 aromatic heterocycles. The molecule has 0 radical (unpaired) electrons. The minimum Gasteiger partial charge on any atom is -0.122 e. The van der Waals surface area contributed by atoms with Gasteiger partial charge in [0, 0.05) is 17.4 Å². The van der Waals surface area contributed by atoms with E-state index in [9.17, 15) is 0 Å². The predicted molar refractivity (Wildman–Crippen MR) is 48.2 cm³/mol. The molecule has 3 nitrogen and oxygen atoms in total. The molecule has 3 heteroatoms. The van der Waals surface area contributed by atoms with Gasteiger partial charge in [-0.15, -0.1) is 9.71 Å². The van der Waals surface area contributed by atoms with Crippen molar-refractivity contribution in [3.63, 3.8) is 0 Å². The standard InChI is InChI=1S/C9H10N3/c1-12(8-7-10-11-12)9-5-3-2-4-6-9/h2-8H,1H3/q+1. The van der Waals surface area contributed by atoms with Crippen LogP contribution in [-0.2, 0) is 0 Å². The van der Waals surface area contributed by atoms with Gasteiger partial charge in [-0.2, -0.15) is 0 Å². The molecule has 0 N–H and O–H groups in total. The van der Waals surface area contributed by atoms with E-state index in [1.165, 1.54) is 0 Å². The average molecular weight is 160 g/mol. The first-order valence-corrected chi connectivity index (χ1v) is 3.83. The molecule has 0 saturated carbocycles. The monoisotopic (exact) mass is 160 g/mol. The average Bonchev–Trinajstić information content (AvgIpc) is 2.55. The van der Waals surface area contributed by atoms with E-state index in [0.29, 0.717) is 4.59 Å². The van der Waals surface area contributed by atoms with Gasteiger partial charge >= 0.3 is 0 Å². The first-order chi connectivity index (χ1) is 5.81. The molecule has 1 atom stereocenters.